The van der Waals surface area contributed by atoms with Crippen molar-refractivity contribution >= 4 is 11.8 Å². The van der Waals surface area contributed by atoms with Crippen molar-refractivity contribution in [2.24, 2.45) is 0 Å². The number of halogens is 1. The molecule has 0 aliphatic carbocycles. The maximum atomic E-state index is 13.6. The van der Waals surface area contributed by atoms with Crippen molar-refractivity contribution in [2.75, 3.05) is 50.0 Å². The number of aryl methyl sites for hydroxylation is 1. The van der Waals surface area contributed by atoms with Gasteiger partial charge in [-0.05, 0) is 32.0 Å². The van der Waals surface area contributed by atoms with Crippen LogP contribution in [0, 0.1) is 12.7 Å². The molecular formula is C18H24FN5. The summed E-state index contributed by atoms with van der Waals surface area (Å²) in [5.41, 5.74) is 1.64. The molecule has 0 amide bonds. The number of rotatable bonds is 5. The molecule has 0 spiro atoms. The van der Waals surface area contributed by atoms with Crippen LogP contribution in [0.5, 0.6) is 0 Å². The number of aromatic nitrogens is 2. The van der Waals surface area contributed by atoms with Gasteiger partial charge in [0.05, 0.1) is 0 Å². The van der Waals surface area contributed by atoms with E-state index >= 15 is 0 Å². The Morgan fingerprint density at radius 3 is 2.62 bits per heavy atom. The Morgan fingerprint density at radius 2 is 1.88 bits per heavy atom. The average Bonchev–Trinajstić information content (AvgIpc) is 2.57. The van der Waals surface area contributed by atoms with E-state index in [0.717, 1.165) is 37.7 Å². The molecule has 1 aliphatic heterocycles. The maximum Gasteiger partial charge on any atom is 0.224 e. The van der Waals surface area contributed by atoms with Crippen molar-refractivity contribution in [3.8, 4) is 0 Å². The Labute approximate surface area is 142 Å². The standard InChI is InChI=1S/C18H24FN5/c1-14-13-17(24-11-9-23(2)10-12-24)22-18(21-14)20-8-7-15-5-3-4-6-16(15)19/h3-6,13H,7-12H2,1-2H3,(H,20,21,22). The lowest BCUT2D eigenvalue weighted by molar-refractivity contribution is 0.312. The van der Waals surface area contributed by atoms with Crippen LogP contribution in [-0.2, 0) is 6.42 Å². The van der Waals surface area contributed by atoms with Gasteiger partial charge in [0.25, 0.3) is 0 Å². The van der Waals surface area contributed by atoms with E-state index in [9.17, 15) is 4.39 Å². The van der Waals surface area contributed by atoms with Gasteiger partial charge >= 0.3 is 0 Å². The SMILES string of the molecule is Cc1cc(N2CCN(C)CC2)nc(NCCc2ccccc2F)n1. The van der Waals surface area contributed by atoms with Crippen LogP contribution in [0.4, 0.5) is 16.2 Å². The number of piperazine rings is 1. The first-order valence-electron chi connectivity index (χ1n) is 8.38. The third kappa shape index (κ3) is 4.20. The first-order valence-corrected chi connectivity index (χ1v) is 8.38. The molecule has 6 heteroatoms. The summed E-state index contributed by atoms with van der Waals surface area (Å²) in [5, 5.41) is 3.22. The van der Waals surface area contributed by atoms with E-state index in [4.69, 9.17) is 0 Å². The summed E-state index contributed by atoms with van der Waals surface area (Å²) < 4.78 is 13.6. The minimum Gasteiger partial charge on any atom is -0.354 e. The van der Waals surface area contributed by atoms with E-state index in [1.807, 2.05) is 25.1 Å². The fourth-order valence-electron chi connectivity index (χ4n) is 2.84. The van der Waals surface area contributed by atoms with Crippen LogP contribution in [-0.4, -0.2) is 54.6 Å². The molecule has 1 N–H and O–H groups in total. The predicted molar refractivity (Wildman–Crippen MR) is 95.1 cm³/mol. The first kappa shape index (κ1) is 16.6. The van der Waals surface area contributed by atoms with Gasteiger partial charge in [-0.25, -0.2) is 9.37 Å². The second kappa shape index (κ2) is 7.57. The van der Waals surface area contributed by atoms with Crippen LogP contribution < -0.4 is 10.2 Å². The minimum absolute atomic E-state index is 0.164. The van der Waals surface area contributed by atoms with Gasteiger partial charge in [-0.2, -0.15) is 4.98 Å². The Bertz CT molecular complexity index is 683. The van der Waals surface area contributed by atoms with Crippen LogP contribution in [0.1, 0.15) is 11.3 Å². The van der Waals surface area contributed by atoms with Gasteiger partial charge in [-0.1, -0.05) is 18.2 Å². The number of likely N-dealkylation sites (N-methyl/N-ethyl adjacent to an activating group) is 1. The van der Waals surface area contributed by atoms with Crippen molar-refractivity contribution in [1.29, 1.82) is 0 Å². The lowest BCUT2D eigenvalue weighted by Gasteiger charge is -2.33. The first-order chi connectivity index (χ1) is 11.6. The molecule has 1 fully saturated rings. The third-order valence-corrected chi connectivity index (χ3v) is 4.30. The summed E-state index contributed by atoms with van der Waals surface area (Å²) in [6, 6.07) is 8.88. The van der Waals surface area contributed by atoms with Gasteiger partial charge in [-0.15, -0.1) is 0 Å². The number of benzene rings is 1. The van der Waals surface area contributed by atoms with E-state index in [2.05, 4.69) is 32.1 Å². The molecule has 24 heavy (non-hydrogen) atoms. The summed E-state index contributed by atoms with van der Waals surface area (Å²) in [7, 11) is 2.14. The van der Waals surface area contributed by atoms with E-state index in [1.165, 1.54) is 6.07 Å². The number of nitrogens with one attached hydrogen (secondary N) is 1. The van der Waals surface area contributed by atoms with Crippen molar-refractivity contribution in [3.05, 3.63) is 47.4 Å². The average molecular weight is 329 g/mol. The number of hydrogen-bond donors (Lipinski definition) is 1. The molecule has 2 heterocycles. The molecule has 5 nitrogen and oxygen atoms in total. The molecule has 1 aromatic heterocycles. The lowest BCUT2D eigenvalue weighted by atomic mass is 10.1. The highest BCUT2D eigenvalue weighted by molar-refractivity contribution is 5.45. The molecule has 2 aromatic rings. The Hall–Kier alpha value is -2.21. The van der Waals surface area contributed by atoms with Gasteiger partial charge in [0.1, 0.15) is 11.6 Å². The third-order valence-electron chi connectivity index (χ3n) is 4.30. The smallest absolute Gasteiger partial charge is 0.224 e. The second-order valence-electron chi connectivity index (χ2n) is 6.25. The zero-order valence-corrected chi connectivity index (χ0v) is 14.3. The summed E-state index contributed by atoms with van der Waals surface area (Å²) in [6.07, 6.45) is 0.605. The molecule has 1 aliphatic rings. The number of nitrogens with zero attached hydrogens (tertiary/aromatic N) is 4. The predicted octanol–water partition coefficient (Wildman–Crippen LogP) is 2.33. The molecule has 128 valence electrons. The van der Waals surface area contributed by atoms with E-state index in [-0.39, 0.29) is 5.82 Å². The van der Waals surface area contributed by atoms with Crippen LogP contribution in [0.25, 0.3) is 0 Å². The zero-order chi connectivity index (χ0) is 16.9. The highest BCUT2D eigenvalue weighted by atomic mass is 19.1. The molecular weight excluding hydrogens is 305 g/mol. The van der Waals surface area contributed by atoms with Gasteiger partial charge in [0.15, 0.2) is 0 Å². The van der Waals surface area contributed by atoms with Crippen LogP contribution in [0.2, 0.25) is 0 Å². The van der Waals surface area contributed by atoms with Crippen LogP contribution in [0.3, 0.4) is 0 Å². The monoisotopic (exact) mass is 329 g/mol. The molecule has 0 saturated carbocycles. The van der Waals surface area contributed by atoms with Gasteiger partial charge in [0.2, 0.25) is 5.95 Å². The highest BCUT2D eigenvalue weighted by Gasteiger charge is 2.16. The van der Waals surface area contributed by atoms with Crippen molar-refractivity contribution in [3.63, 3.8) is 0 Å². The van der Waals surface area contributed by atoms with E-state index in [0.29, 0.717) is 24.5 Å². The molecule has 0 bridgehead atoms. The van der Waals surface area contributed by atoms with Crippen LogP contribution in [0.15, 0.2) is 30.3 Å². The van der Waals surface area contributed by atoms with Crippen molar-refractivity contribution in [1.82, 2.24) is 14.9 Å². The summed E-state index contributed by atoms with van der Waals surface area (Å²) in [4.78, 5) is 13.7. The Morgan fingerprint density at radius 1 is 1.12 bits per heavy atom. The molecule has 1 aromatic carbocycles. The Balaban J connectivity index is 1.62. The number of hydrogen-bond acceptors (Lipinski definition) is 5. The maximum absolute atomic E-state index is 13.6. The van der Waals surface area contributed by atoms with Gasteiger partial charge in [-0.3, -0.25) is 0 Å². The van der Waals surface area contributed by atoms with E-state index < -0.39 is 0 Å². The molecule has 0 radical (unpaired) electrons. The summed E-state index contributed by atoms with van der Waals surface area (Å²) >= 11 is 0. The molecule has 0 unspecified atom stereocenters. The van der Waals surface area contributed by atoms with Crippen molar-refractivity contribution < 1.29 is 4.39 Å². The highest BCUT2D eigenvalue weighted by Crippen LogP contribution is 2.17. The molecule has 3 rings (SSSR count). The molecule has 0 atom stereocenters. The fraction of sp³-hybridized carbons (Fsp3) is 0.444. The number of anilines is 2. The second-order valence-corrected chi connectivity index (χ2v) is 6.25. The normalized spacial score (nSPS) is 15.5. The largest absolute Gasteiger partial charge is 0.354 e. The zero-order valence-electron chi connectivity index (χ0n) is 14.3. The minimum atomic E-state index is -0.164. The molecule has 1 saturated heterocycles. The van der Waals surface area contributed by atoms with Crippen LogP contribution >= 0.6 is 0 Å². The van der Waals surface area contributed by atoms with Gasteiger partial charge < -0.3 is 15.1 Å². The van der Waals surface area contributed by atoms with Gasteiger partial charge in [0, 0.05) is 44.5 Å². The van der Waals surface area contributed by atoms with Crippen molar-refractivity contribution in [2.45, 2.75) is 13.3 Å². The quantitative estimate of drug-likeness (QED) is 0.912. The fourth-order valence-corrected chi connectivity index (χ4v) is 2.84. The summed E-state index contributed by atoms with van der Waals surface area (Å²) in [6.45, 7) is 6.61. The summed E-state index contributed by atoms with van der Waals surface area (Å²) in [5.74, 6) is 1.41. The topological polar surface area (TPSA) is 44.3 Å². The van der Waals surface area contributed by atoms with E-state index in [1.54, 1.807) is 6.07 Å². The lowest BCUT2D eigenvalue weighted by Crippen LogP contribution is -2.44. The Kier molecular flexibility index (Phi) is 5.25.